The molecule has 0 spiro atoms. The normalized spacial score (nSPS) is 13.5. The molecule has 2 aromatic carbocycles. The summed E-state index contributed by atoms with van der Waals surface area (Å²) >= 11 is 0. The van der Waals surface area contributed by atoms with Gasteiger partial charge in [-0.1, -0.05) is 42.5 Å². The van der Waals surface area contributed by atoms with Crippen molar-refractivity contribution in [1.29, 1.82) is 0 Å². The van der Waals surface area contributed by atoms with Crippen molar-refractivity contribution in [3.8, 4) is 5.75 Å². The van der Waals surface area contributed by atoms with Crippen molar-refractivity contribution in [3.63, 3.8) is 0 Å². The van der Waals surface area contributed by atoms with Gasteiger partial charge in [0, 0.05) is 5.56 Å². The van der Waals surface area contributed by atoms with Gasteiger partial charge in [-0.3, -0.25) is 0 Å². The molecule has 84 valence electrons. The van der Waals surface area contributed by atoms with Crippen molar-refractivity contribution in [2.75, 3.05) is 6.73 Å². The molecule has 1 heterocycles. The maximum Gasteiger partial charge on any atom is 0.287 e. The van der Waals surface area contributed by atoms with E-state index in [1.165, 1.54) is 5.56 Å². The highest BCUT2D eigenvalue weighted by Gasteiger charge is 2.15. The summed E-state index contributed by atoms with van der Waals surface area (Å²) in [5.41, 5.74) is 2.45. The van der Waals surface area contributed by atoms with Crippen LogP contribution in [0, 0.1) is 0 Å². The minimum atomic E-state index is 0.617. The van der Waals surface area contributed by atoms with Crippen molar-refractivity contribution in [2.24, 2.45) is 0 Å². The molecule has 0 N–H and O–H groups in total. The maximum atomic E-state index is 5.70. The highest BCUT2D eigenvalue weighted by atomic mass is 16.5. The molecule has 0 atom stereocenters. The first-order valence-corrected chi connectivity index (χ1v) is 5.76. The molecule has 2 heteroatoms. The van der Waals surface area contributed by atoms with Gasteiger partial charge in [0.15, 0.2) is 12.8 Å². The van der Waals surface area contributed by atoms with Gasteiger partial charge in [-0.05, 0) is 12.1 Å². The Labute approximate surface area is 101 Å². The van der Waals surface area contributed by atoms with E-state index in [0.29, 0.717) is 6.73 Å². The van der Waals surface area contributed by atoms with Gasteiger partial charge < -0.3 is 4.74 Å². The first-order valence-electron chi connectivity index (χ1n) is 5.76. The Balaban J connectivity index is 1.85. The van der Waals surface area contributed by atoms with Crippen LogP contribution in [0.3, 0.4) is 0 Å². The predicted molar refractivity (Wildman–Crippen MR) is 67.5 cm³/mol. The predicted octanol–water partition coefficient (Wildman–Crippen LogP) is 2.67. The number of benzene rings is 2. The molecule has 0 bridgehead atoms. The monoisotopic (exact) mass is 224 g/mol. The third-order valence-electron chi connectivity index (χ3n) is 2.86. The SMILES string of the molecule is C1=[N+](Cc2ccccc2)COc2ccccc21. The number of hydrogen-bond acceptors (Lipinski definition) is 1. The van der Waals surface area contributed by atoms with Crippen LogP contribution in [-0.4, -0.2) is 17.5 Å². The fraction of sp³-hybridized carbons (Fsp3) is 0.133. The van der Waals surface area contributed by atoms with E-state index in [0.717, 1.165) is 17.9 Å². The van der Waals surface area contributed by atoms with E-state index in [9.17, 15) is 0 Å². The fourth-order valence-corrected chi connectivity index (χ4v) is 2.01. The Hall–Kier alpha value is -2.09. The zero-order valence-electron chi connectivity index (χ0n) is 9.54. The minimum absolute atomic E-state index is 0.617. The van der Waals surface area contributed by atoms with E-state index in [2.05, 4.69) is 41.1 Å². The van der Waals surface area contributed by atoms with Crippen molar-refractivity contribution in [3.05, 3.63) is 65.7 Å². The summed E-state index contributed by atoms with van der Waals surface area (Å²) in [6.45, 7) is 1.50. The number of fused-ring (bicyclic) bond motifs is 1. The Kier molecular flexibility index (Phi) is 2.62. The lowest BCUT2D eigenvalue weighted by Gasteiger charge is -2.13. The van der Waals surface area contributed by atoms with Crippen LogP contribution in [-0.2, 0) is 6.54 Å². The highest BCUT2D eigenvalue weighted by Crippen LogP contribution is 2.18. The van der Waals surface area contributed by atoms with Crippen LogP contribution in [0.4, 0.5) is 0 Å². The molecule has 1 aliphatic rings. The topological polar surface area (TPSA) is 12.2 Å². The average molecular weight is 224 g/mol. The quantitative estimate of drug-likeness (QED) is 0.714. The Morgan fingerprint density at radius 3 is 2.59 bits per heavy atom. The van der Waals surface area contributed by atoms with Crippen LogP contribution in [0.25, 0.3) is 0 Å². The fourth-order valence-electron chi connectivity index (χ4n) is 2.01. The molecule has 1 aliphatic heterocycles. The molecule has 0 amide bonds. The maximum absolute atomic E-state index is 5.70. The molecule has 0 radical (unpaired) electrons. The van der Waals surface area contributed by atoms with Crippen LogP contribution in [0.2, 0.25) is 0 Å². The van der Waals surface area contributed by atoms with E-state index in [-0.39, 0.29) is 0 Å². The molecule has 2 aromatic rings. The summed E-state index contributed by atoms with van der Waals surface area (Å²) in [7, 11) is 0. The molecule has 0 saturated heterocycles. The Morgan fingerprint density at radius 1 is 0.941 bits per heavy atom. The standard InChI is InChI=1S/C15H14NO/c1-2-6-13(7-3-1)10-16-11-14-8-4-5-9-15(14)17-12-16/h1-9,11H,10,12H2/q+1. The van der Waals surface area contributed by atoms with Crippen LogP contribution < -0.4 is 4.74 Å². The van der Waals surface area contributed by atoms with Gasteiger partial charge in [-0.2, -0.15) is 4.58 Å². The van der Waals surface area contributed by atoms with Crippen molar-refractivity contribution in [1.82, 2.24) is 0 Å². The van der Waals surface area contributed by atoms with Gasteiger partial charge in [0.25, 0.3) is 6.73 Å². The summed E-state index contributed by atoms with van der Waals surface area (Å²) in [6, 6.07) is 18.5. The summed E-state index contributed by atoms with van der Waals surface area (Å²) in [6.07, 6.45) is 2.16. The van der Waals surface area contributed by atoms with Crippen LogP contribution in [0.15, 0.2) is 54.6 Å². The van der Waals surface area contributed by atoms with Crippen molar-refractivity contribution >= 4 is 6.21 Å². The van der Waals surface area contributed by atoms with E-state index < -0.39 is 0 Å². The van der Waals surface area contributed by atoms with E-state index in [1.54, 1.807) is 0 Å². The molecule has 17 heavy (non-hydrogen) atoms. The Morgan fingerprint density at radius 2 is 1.71 bits per heavy atom. The van der Waals surface area contributed by atoms with Gasteiger partial charge >= 0.3 is 0 Å². The first kappa shape index (κ1) is 10.1. The smallest absolute Gasteiger partial charge is 0.287 e. The number of rotatable bonds is 2. The molecular weight excluding hydrogens is 210 g/mol. The third-order valence-corrected chi connectivity index (χ3v) is 2.86. The number of ether oxygens (including phenoxy) is 1. The average Bonchev–Trinajstić information content (AvgIpc) is 2.40. The van der Waals surface area contributed by atoms with Gasteiger partial charge in [0.05, 0.1) is 5.56 Å². The molecule has 0 unspecified atom stereocenters. The van der Waals surface area contributed by atoms with Crippen molar-refractivity contribution < 1.29 is 9.31 Å². The second kappa shape index (κ2) is 4.42. The zero-order chi connectivity index (χ0) is 11.5. The van der Waals surface area contributed by atoms with E-state index in [1.807, 2.05) is 24.3 Å². The molecule has 0 aliphatic carbocycles. The summed E-state index contributed by atoms with van der Waals surface area (Å²) in [5, 5.41) is 0. The molecule has 0 aromatic heterocycles. The van der Waals surface area contributed by atoms with Crippen LogP contribution >= 0.6 is 0 Å². The van der Waals surface area contributed by atoms with Gasteiger partial charge in [0.1, 0.15) is 5.75 Å². The molecule has 3 rings (SSSR count). The molecule has 0 fully saturated rings. The van der Waals surface area contributed by atoms with Crippen molar-refractivity contribution in [2.45, 2.75) is 6.54 Å². The molecule has 0 saturated carbocycles. The highest BCUT2D eigenvalue weighted by molar-refractivity contribution is 5.80. The van der Waals surface area contributed by atoms with Gasteiger partial charge in [-0.25, -0.2) is 0 Å². The van der Waals surface area contributed by atoms with E-state index in [4.69, 9.17) is 4.74 Å². The number of nitrogens with zero attached hydrogens (tertiary/aromatic N) is 1. The summed E-state index contributed by atoms with van der Waals surface area (Å²) in [5.74, 6) is 0.969. The van der Waals surface area contributed by atoms with Gasteiger partial charge in [-0.15, -0.1) is 0 Å². The summed E-state index contributed by atoms with van der Waals surface area (Å²) in [4.78, 5) is 0. The second-order valence-electron chi connectivity index (χ2n) is 4.17. The van der Waals surface area contributed by atoms with Gasteiger partial charge in [0.2, 0.25) is 0 Å². The summed E-state index contributed by atoms with van der Waals surface area (Å²) < 4.78 is 7.88. The molecule has 2 nitrogen and oxygen atoms in total. The van der Waals surface area contributed by atoms with Crippen LogP contribution in [0.1, 0.15) is 11.1 Å². The largest absolute Gasteiger partial charge is 0.435 e. The lowest BCUT2D eigenvalue weighted by atomic mass is 10.2. The first-order chi connectivity index (χ1) is 8.42. The van der Waals surface area contributed by atoms with Crippen LogP contribution in [0.5, 0.6) is 5.75 Å². The lowest BCUT2D eigenvalue weighted by molar-refractivity contribution is -0.571. The minimum Gasteiger partial charge on any atom is -0.435 e. The lowest BCUT2D eigenvalue weighted by Crippen LogP contribution is -2.23. The third kappa shape index (κ3) is 2.21. The Bertz CT molecular complexity index is 546. The zero-order valence-corrected chi connectivity index (χ0v) is 9.54. The second-order valence-corrected chi connectivity index (χ2v) is 4.17. The molecular formula is C15H14NO+. The van der Waals surface area contributed by atoms with E-state index >= 15 is 0 Å². The number of hydrogen-bond donors (Lipinski definition) is 0. The number of para-hydroxylation sites is 1.